The number of methoxy groups -OCH3 is 1. The van der Waals surface area contributed by atoms with Gasteiger partial charge in [0.1, 0.15) is 5.75 Å². The van der Waals surface area contributed by atoms with Crippen LogP contribution in [0, 0.1) is 0 Å². The van der Waals surface area contributed by atoms with Gasteiger partial charge in [0.25, 0.3) is 5.91 Å². The van der Waals surface area contributed by atoms with Crippen LogP contribution >= 0.6 is 11.6 Å². The molecule has 13 heavy (non-hydrogen) atoms. The van der Waals surface area contributed by atoms with Gasteiger partial charge in [0.2, 0.25) is 0 Å². The smallest absolute Gasteiger partial charge is 0.265 e. The van der Waals surface area contributed by atoms with Gasteiger partial charge in [-0.1, -0.05) is 11.6 Å². The van der Waals surface area contributed by atoms with Gasteiger partial charge >= 0.3 is 0 Å². The van der Waals surface area contributed by atoms with Gasteiger partial charge in [-0.3, -0.25) is 10.2 Å². The summed E-state index contributed by atoms with van der Waals surface area (Å²) < 4.78 is 4.92. The number of benzene rings is 1. The summed E-state index contributed by atoms with van der Waals surface area (Å²) in [5.74, 6) is 5.09. The molecule has 3 N–H and O–H groups in total. The Morgan fingerprint density at radius 1 is 1.62 bits per heavy atom. The van der Waals surface area contributed by atoms with E-state index in [0.29, 0.717) is 16.3 Å². The van der Waals surface area contributed by atoms with Crippen LogP contribution in [0.4, 0.5) is 0 Å². The highest BCUT2D eigenvalue weighted by Crippen LogP contribution is 2.24. The molecule has 1 rings (SSSR count). The molecule has 4 nitrogen and oxygen atoms in total. The molecule has 0 saturated carbocycles. The molecule has 0 aromatic heterocycles. The van der Waals surface area contributed by atoms with E-state index in [2.05, 4.69) is 0 Å². The van der Waals surface area contributed by atoms with Crippen LogP contribution in [0.2, 0.25) is 5.02 Å². The van der Waals surface area contributed by atoms with E-state index in [1.165, 1.54) is 13.2 Å². The fourth-order valence-electron chi connectivity index (χ4n) is 0.891. The summed E-state index contributed by atoms with van der Waals surface area (Å²) in [5, 5.41) is 0.378. The van der Waals surface area contributed by atoms with Gasteiger partial charge in [0.15, 0.2) is 0 Å². The Bertz CT molecular complexity index is 328. The zero-order chi connectivity index (χ0) is 9.84. The maximum absolute atomic E-state index is 11.0. The summed E-state index contributed by atoms with van der Waals surface area (Å²) in [7, 11) is 1.50. The Morgan fingerprint density at radius 2 is 2.31 bits per heavy atom. The molecule has 0 aliphatic heterocycles. The Labute approximate surface area is 80.6 Å². The van der Waals surface area contributed by atoms with Gasteiger partial charge in [0.05, 0.1) is 12.1 Å². The van der Waals surface area contributed by atoms with Crippen molar-refractivity contribution < 1.29 is 9.53 Å². The zero-order valence-electron chi connectivity index (χ0n) is 7.00. The van der Waals surface area contributed by atoms with E-state index < -0.39 is 0 Å². The first-order valence-corrected chi connectivity index (χ1v) is 3.91. The van der Waals surface area contributed by atoms with Crippen molar-refractivity contribution in [3.05, 3.63) is 28.8 Å². The van der Waals surface area contributed by atoms with E-state index in [0.717, 1.165) is 0 Å². The van der Waals surface area contributed by atoms with E-state index in [-0.39, 0.29) is 5.91 Å². The number of halogens is 1. The molecule has 0 bridgehead atoms. The lowest BCUT2D eigenvalue weighted by Gasteiger charge is -2.04. The monoisotopic (exact) mass is 200 g/mol. The number of nitrogens with two attached hydrogens (primary N) is 1. The summed E-state index contributed by atoms with van der Waals surface area (Å²) in [6.07, 6.45) is 0. The molecule has 1 aromatic carbocycles. The minimum Gasteiger partial charge on any atom is -0.495 e. The zero-order valence-corrected chi connectivity index (χ0v) is 7.76. The molecule has 0 unspecified atom stereocenters. The minimum atomic E-state index is -0.385. The van der Waals surface area contributed by atoms with Gasteiger partial charge in [-0.25, -0.2) is 5.84 Å². The lowest BCUT2D eigenvalue weighted by Crippen LogP contribution is -2.29. The first-order valence-electron chi connectivity index (χ1n) is 3.53. The number of nitrogens with one attached hydrogen (secondary N) is 1. The molecule has 0 spiro atoms. The van der Waals surface area contributed by atoms with Gasteiger partial charge in [-0.05, 0) is 18.2 Å². The molecular formula is C8H9ClN2O2. The first kappa shape index (κ1) is 9.83. The topological polar surface area (TPSA) is 64.3 Å². The Balaban J connectivity index is 3.02. The molecule has 0 atom stereocenters. The normalized spacial score (nSPS) is 9.46. The molecule has 70 valence electrons. The average Bonchev–Trinajstić information content (AvgIpc) is 2.16. The van der Waals surface area contributed by atoms with Crippen molar-refractivity contribution in [1.82, 2.24) is 5.43 Å². The number of hydrogen-bond acceptors (Lipinski definition) is 3. The van der Waals surface area contributed by atoms with Crippen molar-refractivity contribution in [1.29, 1.82) is 0 Å². The van der Waals surface area contributed by atoms with Crippen molar-refractivity contribution in [2.45, 2.75) is 0 Å². The quantitative estimate of drug-likeness (QED) is 0.425. The molecular weight excluding hydrogens is 192 g/mol. The molecule has 0 fully saturated rings. The predicted molar refractivity (Wildman–Crippen MR) is 49.7 cm³/mol. The second-order valence-electron chi connectivity index (χ2n) is 2.32. The van der Waals surface area contributed by atoms with Crippen LogP contribution in [-0.2, 0) is 0 Å². The van der Waals surface area contributed by atoms with E-state index in [4.69, 9.17) is 22.2 Å². The van der Waals surface area contributed by atoms with Crippen LogP contribution in [-0.4, -0.2) is 13.0 Å². The van der Waals surface area contributed by atoms with E-state index >= 15 is 0 Å². The number of carbonyl (C=O) groups is 1. The van der Waals surface area contributed by atoms with Crippen molar-refractivity contribution in [3.63, 3.8) is 0 Å². The van der Waals surface area contributed by atoms with Gasteiger partial charge in [0, 0.05) is 5.56 Å². The number of ether oxygens (including phenoxy) is 1. The minimum absolute atomic E-state index is 0.378. The lowest BCUT2D eigenvalue weighted by molar-refractivity contribution is 0.0953. The van der Waals surface area contributed by atoms with E-state index in [1.54, 1.807) is 12.1 Å². The van der Waals surface area contributed by atoms with E-state index in [1.807, 2.05) is 5.43 Å². The second kappa shape index (κ2) is 4.11. The highest BCUT2D eigenvalue weighted by molar-refractivity contribution is 6.32. The molecule has 5 heteroatoms. The summed E-state index contributed by atoms with van der Waals surface area (Å²) >= 11 is 5.78. The molecule has 0 heterocycles. The Kier molecular flexibility index (Phi) is 3.11. The third kappa shape index (κ3) is 2.11. The number of carbonyl (C=O) groups excluding carboxylic acids is 1. The Hall–Kier alpha value is -1.26. The summed E-state index contributed by atoms with van der Waals surface area (Å²) in [6, 6.07) is 4.67. The second-order valence-corrected chi connectivity index (χ2v) is 2.73. The van der Waals surface area contributed by atoms with Gasteiger partial charge in [-0.2, -0.15) is 0 Å². The molecule has 0 saturated heterocycles. The summed E-state index contributed by atoms with van der Waals surface area (Å²) in [4.78, 5) is 11.0. The highest BCUT2D eigenvalue weighted by Gasteiger charge is 2.06. The first-order chi connectivity index (χ1) is 6.19. The van der Waals surface area contributed by atoms with Crippen molar-refractivity contribution in [3.8, 4) is 5.75 Å². The number of hydrogen-bond donors (Lipinski definition) is 2. The van der Waals surface area contributed by atoms with Crippen LogP contribution in [0.5, 0.6) is 5.75 Å². The molecule has 1 amide bonds. The lowest BCUT2D eigenvalue weighted by atomic mass is 10.2. The van der Waals surface area contributed by atoms with Crippen LogP contribution in [0.3, 0.4) is 0 Å². The maximum atomic E-state index is 11.0. The SMILES string of the molecule is COc1ccc(C(=O)NN)cc1Cl. The number of rotatable bonds is 2. The highest BCUT2D eigenvalue weighted by atomic mass is 35.5. The largest absolute Gasteiger partial charge is 0.495 e. The number of hydrazine groups is 1. The van der Waals surface area contributed by atoms with Crippen LogP contribution in [0.15, 0.2) is 18.2 Å². The van der Waals surface area contributed by atoms with Crippen LogP contribution < -0.4 is 16.0 Å². The standard InChI is InChI=1S/C8H9ClN2O2/c1-13-7-3-2-5(4-6(7)9)8(12)11-10/h2-4H,10H2,1H3,(H,11,12). The third-order valence-corrected chi connectivity index (χ3v) is 1.84. The van der Waals surface area contributed by atoms with Gasteiger partial charge in [-0.15, -0.1) is 0 Å². The molecule has 0 aliphatic rings. The van der Waals surface area contributed by atoms with Gasteiger partial charge < -0.3 is 4.74 Å². The number of amides is 1. The third-order valence-electron chi connectivity index (χ3n) is 1.55. The maximum Gasteiger partial charge on any atom is 0.265 e. The predicted octanol–water partition coefficient (Wildman–Crippen LogP) is 0.952. The van der Waals surface area contributed by atoms with Crippen LogP contribution in [0.25, 0.3) is 0 Å². The fraction of sp³-hybridized carbons (Fsp3) is 0.125. The molecule has 0 radical (unpaired) electrons. The number of nitrogen functional groups attached to an aromatic ring is 1. The van der Waals surface area contributed by atoms with Crippen LogP contribution in [0.1, 0.15) is 10.4 Å². The Morgan fingerprint density at radius 3 is 2.77 bits per heavy atom. The van der Waals surface area contributed by atoms with Crippen molar-refractivity contribution in [2.75, 3.05) is 7.11 Å². The average molecular weight is 201 g/mol. The molecule has 0 aliphatic carbocycles. The summed E-state index contributed by atoms with van der Waals surface area (Å²) in [6.45, 7) is 0. The van der Waals surface area contributed by atoms with Crippen molar-refractivity contribution >= 4 is 17.5 Å². The summed E-state index contributed by atoms with van der Waals surface area (Å²) in [5.41, 5.74) is 2.40. The van der Waals surface area contributed by atoms with E-state index in [9.17, 15) is 4.79 Å². The van der Waals surface area contributed by atoms with Crippen molar-refractivity contribution in [2.24, 2.45) is 5.84 Å². The molecule has 1 aromatic rings. The fourth-order valence-corrected chi connectivity index (χ4v) is 1.15.